The Kier molecular flexibility index (Phi) is 4.61. The van der Waals surface area contributed by atoms with Crippen LogP contribution in [-0.4, -0.2) is 0 Å². The fourth-order valence-corrected chi connectivity index (χ4v) is 1.89. The molecular formula is C15H21. The number of benzene rings is 1. The number of aryl methyl sites for hydroxylation is 1. The van der Waals surface area contributed by atoms with Crippen molar-refractivity contribution >= 4 is 0 Å². The average molecular weight is 201 g/mol. The van der Waals surface area contributed by atoms with E-state index in [0.29, 0.717) is 5.92 Å². The molecule has 0 amide bonds. The van der Waals surface area contributed by atoms with Gasteiger partial charge in [0, 0.05) is 0 Å². The summed E-state index contributed by atoms with van der Waals surface area (Å²) in [7, 11) is 0. The standard InChI is InChI=1S/C15H21/c1-5-7-14-9-13(6-2)10-15(11-14)8-12(3)4/h9-12H,2,5,7-8H2,1,3-4H3. The second-order valence-corrected chi connectivity index (χ2v) is 4.56. The molecule has 0 spiro atoms. The summed E-state index contributed by atoms with van der Waals surface area (Å²) in [6, 6.07) is 6.72. The molecule has 1 aromatic carbocycles. The van der Waals surface area contributed by atoms with Gasteiger partial charge in [0.2, 0.25) is 0 Å². The van der Waals surface area contributed by atoms with Crippen LogP contribution in [0.4, 0.5) is 0 Å². The molecule has 1 radical (unpaired) electrons. The average Bonchev–Trinajstić information content (AvgIpc) is 2.16. The van der Waals surface area contributed by atoms with Crippen molar-refractivity contribution in [1.29, 1.82) is 0 Å². The first-order valence-corrected chi connectivity index (χ1v) is 5.81. The summed E-state index contributed by atoms with van der Waals surface area (Å²) in [5.41, 5.74) is 3.97. The van der Waals surface area contributed by atoms with E-state index in [1.807, 2.05) is 0 Å². The van der Waals surface area contributed by atoms with Crippen LogP contribution in [0.5, 0.6) is 0 Å². The van der Waals surface area contributed by atoms with E-state index in [0.717, 1.165) is 18.4 Å². The van der Waals surface area contributed by atoms with E-state index in [1.54, 1.807) is 0 Å². The highest BCUT2D eigenvalue weighted by Crippen LogP contribution is 2.15. The third-order valence-electron chi connectivity index (χ3n) is 2.44. The lowest BCUT2D eigenvalue weighted by molar-refractivity contribution is 0.646. The minimum atomic E-state index is 0.708. The van der Waals surface area contributed by atoms with E-state index in [-0.39, 0.29) is 0 Å². The maximum Gasteiger partial charge on any atom is -0.0178 e. The summed E-state index contributed by atoms with van der Waals surface area (Å²) in [6.45, 7) is 10.4. The normalized spacial score (nSPS) is 10.7. The predicted molar refractivity (Wildman–Crippen MR) is 67.0 cm³/mol. The van der Waals surface area contributed by atoms with Gasteiger partial charge in [-0.15, -0.1) is 0 Å². The lowest BCUT2D eigenvalue weighted by Gasteiger charge is -2.09. The first-order valence-electron chi connectivity index (χ1n) is 5.81. The van der Waals surface area contributed by atoms with Gasteiger partial charge >= 0.3 is 0 Å². The summed E-state index contributed by atoms with van der Waals surface area (Å²) in [5, 5.41) is 0. The Bertz CT molecular complexity index is 321. The molecule has 0 fully saturated rings. The number of rotatable bonds is 5. The van der Waals surface area contributed by atoms with E-state index in [2.05, 4.69) is 51.6 Å². The van der Waals surface area contributed by atoms with Gasteiger partial charge < -0.3 is 0 Å². The molecule has 0 aliphatic heterocycles. The summed E-state index contributed by atoms with van der Waals surface area (Å²) in [6.07, 6.45) is 6.48. The molecule has 1 rings (SSSR count). The van der Waals surface area contributed by atoms with E-state index < -0.39 is 0 Å². The van der Waals surface area contributed by atoms with Gasteiger partial charge in [-0.2, -0.15) is 0 Å². The summed E-state index contributed by atoms with van der Waals surface area (Å²) in [5.74, 6) is 0.708. The van der Waals surface area contributed by atoms with Gasteiger partial charge in [-0.1, -0.05) is 52.0 Å². The highest BCUT2D eigenvalue weighted by molar-refractivity contribution is 5.33. The molecule has 0 bridgehead atoms. The van der Waals surface area contributed by atoms with Crippen LogP contribution in [0.1, 0.15) is 43.9 Å². The Labute approximate surface area is 94.0 Å². The zero-order valence-corrected chi connectivity index (χ0v) is 10.1. The van der Waals surface area contributed by atoms with Gasteiger partial charge in [-0.05, 0) is 41.5 Å². The van der Waals surface area contributed by atoms with Crippen molar-refractivity contribution in [3.05, 3.63) is 47.5 Å². The highest BCUT2D eigenvalue weighted by atomic mass is 14.1. The third kappa shape index (κ3) is 3.91. The molecule has 0 heteroatoms. The molecule has 0 atom stereocenters. The Balaban J connectivity index is 2.94. The van der Waals surface area contributed by atoms with Crippen molar-refractivity contribution in [2.75, 3.05) is 0 Å². The largest absolute Gasteiger partial charge is 0.0906 e. The van der Waals surface area contributed by atoms with Gasteiger partial charge in [-0.3, -0.25) is 0 Å². The van der Waals surface area contributed by atoms with Crippen LogP contribution in [0, 0.1) is 12.0 Å². The maximum atomic E-state index is 3.73. The zero-order valence-electron chi connectivity index (χ0n) is 10.1. The van der Waals surface area contributed by atoms with E-state index in [9.17, 15) is 0 Å². The van der Waals surface area contributed by atoms with Crippen molar-refractivity contribution in [2.45, 2.75) is 40.0 Å². The Morgan fingerprint density at radius 1 is 1.20 bits per heavy atom. The fourth-order valence-electron chi connectivity index (χ4n) is 1.89. The number of hydrogen-bond donors (Lipinski definition) is 0. The Hall–Kier alpha value is -1.04. The maximum absolute atomic E-state index is 3.73. The topological polar surface area (TPSA) is 0 Å². The van der Waals surface area contributed by atoms with Gasteiger partial charge in [0.05, 0.1) is 0 Å². The van der Waals surface area contributed by atoms with Crippen LogP contribution >= 0.6 is 0 Å². The van der Waals surface area contributed by atoms with Gasteiger partial charge in [0.1, 0.15) is 0 Å². The molecule has 81 valence electrons. The number of hydrogen-bond acceptors (Lipinski definition) is 0. The van der Waals surface area contributed by atoms with Crippen LogP contribution in [0.2, 0.25) is 0 Å². The fraction of sp³-hybridized carbons (Fsp3) is 0.467. The van der Waals surface area contributed by atoms with E-state index in [1.165, 1.54) is 17.5 Å². The van der Waals surface area contributed by atoms with E-state index in [4.69, 9.17) is 0 Å². The Morgan fingerprint density at radius 2 is 1.87 bits per heavy atom. The molecular weight excluding hydrogens is 180 g/mol. The summed E-state index contributed by atoms with van der Waals surface area (Å²) >= 11 is 0. The Morgan fingerprint density at radius 3 is 2.40 bits per heavy atom. The van der Waals surface area contributed by atoms with Crippen molar-refractivity contribution in [3.63, 3.8) is 0 Å². The van der Waals surface area contributed by atoms with Crippen LogP contribution < -0.4 is 0 Å². The molecule has 0 saturated heterocycles. The third-order valence-corrected chi connectivity index (χ3v) is 2.44. The van der Waals surface area contributed by atoms with Crippen molar-refractivity contribution < 1.29 is 0 Å². The molecule has 0 heterocycles. The van der Waals surface area contributed by atoms with Gasteiger partial charge in [0.25, 0.3) is 0 Å². The summed E-state index contributed by atoms with van der Waals surface area (Å²) in [4.78, 5) is 0. The molecule has 0 aromatic heterocycles. The highest BCUT2D eigenvalue weighted by Gasteiger charge is 2.01. The smallest absolute Gasteiger partial charge is 0.0178 e. The monoisotopic (exact) mass is 201 g/mol. The molecule has 0 unspecified atom stereocenters. The van der Waals surface area contributed by atoms with Crippen molar-refractivity contribution in [1.82, 2.24) is 0 Å². The SMILES string of the molecule is C=[C]c1cc(CCC)cc(CC(C)C)c1. The van der Waals surface area contributed by atoms with Crippen LogP contribution in [-0.2, 0) is 12.8 Å². The second kappa shape index (κ2) is 5.75. The molecule has 1 aromatic rings. The molecule has 0 aliphatic rings. The van der Waals surface area contributed by atoms with Gasteiger partial charge in [-0.25, -0.2) is 0 Å². The lowest BCUT2D eigenvalue weighted by Crippen LogP contribution is -1.96. The summed E-state index contributed by atoms with van der Waals surface area (Å²) < 4.78 is 0. The van der Waals surface area contributed by atoms with Crippen LogP contribution in [0.3, 0.4) is 0 Å². The first kappa shape index (κ1) is 12.0. The first-order chi connectivity index (χ1) is 7.15. The zero-order chi connectivity index (χ0) is 11.3. The van der Waals surface area contributed by atoms with E-state index >= 15 is 0 Å². The predicted octanol–water partition coefficient (Wildman–Crippen LogP) is 4.17. The second-order valence-electron chi connectivity index (χ2n) is 4.56. The minimum Gasteiger partial charge on any atom is -0.0906 e. The van der Waals surface area contributed by atoms with Crippen molar-refractivity contribution in [3.8, 4) is 0 Å². The molecule has 15 heavy (non-hydrogen) atoms. The molecule has 0 nitrogen and oxygen atoms in total. The molecule has 0 N–H and O–H groups in total. The minimum absolute atomic E-state index is 0.708. The quantitative estimate of drug-likeness (QED) is 0.670. The molecule has 0 saturated carbocycles. The molecule has 0 aliphatic carbocycles. The van der Waals surface area contributed by atoms with Crippen LogP contribution in [0.25, 0.3) is 0 Å². The van der Waals surface area contributed by atoms with Gasteiger partial charge in [0.15, 0.2) is 0 Å². The van der Waals surface area contributed by atoms with Crippen LogP contribution in [0.15, 0.2) is 24.8 Å². The lowest BCUT2D eigenvalue weighted by atomic mass is 9.97. The van der Waals surface area contributed by atoms with Crippen molar-refractivity contribution in [2.24, 2.45) is 5.92 Å².